The topological polar surface area (TPSA) is 32.7 Å². The van der Waals surface area contributed by atoms with Gasteiger partial charge in [-0.1, -0.05) is 36.4 Å². The third-order valence-electron chi connectivity index (χ3n) is 4.14. The molecule has 0 spiro atoms. The van der Waals surface area contributed by atoms with Crippen LogP contribution in [0.4, 0.5) is 4.39 Å². The largest absolute Gasteiger partial charge is 0.367 e. The molecule has 1 aliphatic heterocycles. The molecule has 0 radical (unpaired) electrons. The number of morpholine rings is 1. The lowest BCUT2D eigenvalue weighted by Crippen LogP contribution is -2.54. The summed E-state index contributed by atoms with van der Waals surface area (Å²) in [7, 11) is 0. The summed E-state index contributed by atoms with van der Waals surface area (Å²) in [6, 6.07) is 10.0. The van der Waals surface area contributed by atoms with Crippen LogP contribution in [0.2, 0.25) is 0 Å². The fourth-order valence-corrected chi connectivity index (χ4v) is 3.07. The Morgan fingerprint density at radius 2 is 2.10 bits per heavy atom. The molecule has 0 aromatic heterocycles. The fourth-order valence-electron chi connectivity index (χ4n) is 3.07. The van der Waals surface area contributed by atoms with Gasteiger partial charge in [0.2, 0.25) is 0 Å². The van der Waals surface area contributed by atoms with Crippen LogP contribution in [0.1, 0.15) is 12.0 Å². The summed E-state index contributed by atoms with van der Waals surface area (Å²) in [6.07, 6.45) is 4.67. The Bertz CT molecular complexity index is 529. The van der Waals surface area contributed by atoms with E-state index in [9.17, 15) is 9.50 Å². The predicted octanol–water partition coefficient (Wildman–Crippen LogP) is 2.64. The van der Waals surface area contributed by atoms with E-state index in [1.54, 1.807) is 6.08 Å². The second-order valence-corrected chi connectivity index (χ2v) is 5.56. The second kappa shape index (κ2) is 6.52. The van der Waals surface area contributed by atoms with Gasteiger partial charge in [-0.25, -0.2) is 4.39 Å². The highest BCUT2D eigenvalue weighted by Gasteiger charge is 2.36. The highest BCUT2D eigenvalue weighted by atomic mass is 19.1. The van der Waals surface area contributed by atoms with Crippen molar-refractivity contribution in [1.82, 2.24) is 4.90 Å². The second-order valence-electron chi connectivity index (χ2n) is 5.56. The molecular weight excluding hydrogens is 269 g/mol. The summed E-state index contributed by atoms with van der Waals surface area (Å²) in [6.45, 7) is 2.06. The lowest BCUT2D eigenvalue weighted by Gasteiger charge is -2.42. The van der Waals surface area contributed by atoms with E-state index in [1.165, 1.54) is 11.6 Å². The Kier molecular flexibility index (Phi) is 4.48. The number of aliphatic hydroxyl groups excluding tert-OH is 1. The van der Waals surface area contributed by atoms with Crippen molar-refractivity contribution in [3.63, 3.8) is 0 Å². The van der Waals surface area contributed by atoms with E-state index in [0.717, 1.165) is 13.1 Å². The first kappa shape index (κ1) is 14.4. The maximum absolute atomic E-state index is 13.1. The van der Waals surface area contributed by atoms with Gasteiger partial charge >= 0.3 is 0 Å². The van der Waals surface area contributed by atoms with Gasteiger partial charge in [-0.05, 0) is 24.1 Å². The van der Waals surface area contributed by atoms with Crippen LogP contribution < -0.4 is 0 Å². The van der Waals surface area contributed by atoms with Gasteiger partial charge in [0.05, 0.1) is 12.6 Å². The smallest absolute Gasteiger partial charge is 0.170 e. The summed E-state index contributed by atoms with van der Waals surface area (Å²) in [5.41, 5.74) is 1.21. The first-order valence-corrected chi connectivity index (χ1v) is 7.35. The maximum Gasteiger partial charge on any atom is 0.170 e. The number of allylic oxidation sites excluding steroid dienone is 3. The molecule has 1 unspecified atom stereocenters. The van der Waals surface area contributed by atoms with Crippen LogP contribution in [-0.2, 0) is 11.3 Å². The van der Waals surface area contributed by atoms with Gasteiger partial charge in [0.25, 0.3) is 0 Å². The van der Waals surface area contributed by atoms with E-state index in [4.69, 9.17) is 4.74 Å². The first-order valence-electron chi connectivity index (χ1n) is 7.35. The van der Waals surface area contributed by atoms with Crippen LogP contribution >= 0.6 is 0 Å². The van der Waals surface area contributed by atoms with Gasteiger partial charge in [0.15, 0.2) is 6.29 Å². The van der Waals surface area contributed by atoms with Gasteiger partial charge < -0.3 is 9.84 Å². The van der Waals surface area contributed by atoms with Crippen molar-refractivity contribution in [3.8, 4) is 0 Å². The molecule has 3 rings (SSSR count). The van der Waals surface area contributed by atoms with E-state index in [0.29, 0.717) is 13.0 Å². The van der Waals surface area contributed by atoms with Crippen molar-refractivity contribution >= 4 is 0 Å². The molecule has 1 aromatic rings. The Morgan fingerprint density at radius 3 is 2.81 bits per heavy atom. The Morgan fingerprint density at radius 1 is 1.29 bits per heavy atom. The zero-order valence-electron chi connectivity index (χ0n) is 11.9. The van der Waals surface area contributed by atoms with Crippen molar-refractivity contribution < 1.29 is 14.2 Å². The summed E-state index contributed by atoms with van der Waals surface area (Å²) in [5.74, 6) is -0.129. The van der Waals surface area contributed by atoms with Crippen LogP contribution in [0.5, 0.6) is 0 Å². The molecule has 1 aliphatic carbocycles. The first-order chi connectivity index (χ1) is 10.2. The summed E-state index contributed by atoms with van der Waals surface area (Å²) < 4.78 is 18.5. The summed E-state index contributed by atoms with van der Waals surface area (Å²) in [5, 5.41) is 10.2. The molecule has 1 fully saturated rings. The molecule has 112 valence electrons. The zero-order valence-corrected chi connectivity index (χ0v) is 11.9. The minimum absolute atomic E-state index is 0.0727. The third kappa shape index (κ3) is 3.40. The number of aliphatic hydroxyl groups is 1. The Hall–Kier alpha value is -1.49. The Labute approximate surface area is 124 Å². The summed E-state index contributed by atoms with van der Waals surface area (Å²) >= 11 is 0. The lowest BCUT2D eigenvalue weighted by molar-refractivity contribution is -0.190. The van der Waals surface area contributed by atoms with E-state index in [-0.39, 0.29) is 17.8 Å². The third-order valence-corrected chi connectivity index (χ3v) is 4.14. The lowest BCUT2D eigenvalue weighted by atomic mass is 9.89. The van der Waals surface area contributed by atoms with Crippen molar-refractivity contribution in [1.29, 1.82) is 0 Å². The molecule has 4 heteroatoms. The number of rotatable bonds is 3. The minimum Gasteiger partial charge on any atom is -0.367 e. The fraction of sp³-hybridized carbons (Fsp3) is 0.412. The average Bonchev–Trinajstić information content (AvgIpc) is 2.50. The van der Waals surface area contributed by atoms with Crippen LogP contribution in [0.3, 0.4) is 0 Å². The molecule has 3 atom stereocenters. The normalized spacial score (nSPS) is 30.2. The van der Waals surface area contributed by atoms with Gasteiger partial charge in [-0.15, -0.1) is 0 Å². The highest BCUT2D eigenvalue weighted by Crippen LogP contribution is 2.29. The average molecular weight is 289 g/mol. The molecule has 21 heavy (non-hydrogen) atoms. The van der Waals surface area contributed by atoms with Crippen LogP contribution in [0.15, 0.2) is 54.4 Å². The number of ether oxygens (including phenoxy) is 1. The van der Waals surface area contributed by atoms with E-state index >= 15 is 0 Å². The number of benzene rings is 1. The minimum atomic E-state index is -0.827. The van der Waals surface area contributed by atoms with Crippen molar-refractivity contribution in [2.45, 2.75) is 25.3 Å². The van der Waals surface area contributed by atoms with Crippen molar-refractivity contribution in [2.24, 2.45) is 5.92 Å². The van der Waals surface area contributed by atoms with E-state index in [2.05, 4.69) is 17.0 Å². The van der Waals surface area contributed by atoms with Crippen molar-refractivity contribution in [2.75, 3.05) is 13.2 Å². The molecule has 1 saturated heterocycles. The van der Waals surface area contributed by atoms with Crippen LogP contribution in [0, 0.1) is 5.92 Å². The van der Waals surface area contributed by atoms with Crippen LogP contribution in [-0.4, -0.2) is 35.5 Å². The quantitative estimate of drug-likeness (QED) is 0.928. The molecule has 3 nitrogen and oxygen atoms in total. The summed E-state index contributed by atoms with van der Waals surface area (Å²) in [4.78, 5) is 2.23. The number of hydrogen-bond donors (Lipinski definition) is 1. The molecule has 0 amide bonds. The van der Waals surface area contributed by atoms with Gasteiger partial charge in [-0.2, -0.15) is 0 Å². The molecule has 0 bridgehead atoms. The van der Waals surface area contributed by atoms with E-state index in [1.807, 2.05) is 24.3 Å². The van der Waals surface area contributed by atoms with Gasteiger partial charge in [0.1, 0.15) is 5.83 Å². The van der Waals surface area contributed by atoms with Gasteiger partial charge in [-0.3, -0.25) is 4.90 Å². The number of nitrogens with zero attached hydrogens (tertiary/aromatic N) is 1. The molecular formula is C17H20FNO2. The molecule has 1 aromatic carbocycles. The molecule has 2 aliphatic rings. The Balaban J connectivity index is 1.75. The number of hydrogen-bond acceptors (Lipinski definition) is 3. The standard InChI is InChI=1S/C17H20FNO2/c18-15-8-6-14(7-9-15)16-17(20)21-11-10-19(16)12-13-4-2-1-3-5-13/h1-6,8-9,14,16-17,20H,7,10-12H2/t14?,16-,17+/m0/s1. The van der Waals surface area contributed by atoms with Crippen LogP contribution in [0.25, 0.3) is 0 Å². The zero-order chi connectivity index (χ0) is 14.7. The monoisotopic (exact) mass is 289 g/mol. The molecule has 0 saturated carbocycles. The van der Waals surface area contributed by atoms with Gasteiger partial charge in [0, 0.05) is 19.0 Å². The number of halogens is 1. The maximum atomic E-state index is 13.1. The molecule has 1 N–H and O–H groups in total. The van der Waals surface area contributed by atoms with Crippen molar-refractivity contribution in [3.05, 3.63) is 60.0 Å². The predicted molar refractivity (Wildman–Crippen MR) is 79.0 cm³/mol. The van der Waals surface area contributed by atoms with E-state index < -0.39 is 6.29 Å². The molecule has 1 heterocycles. The SMILES string of the molecule is O[C@@H]1OCCN(Cc2ccccc2)[C@H]1C1C=CC(F)=CC1. The highest BCUT2D eigenvalue weighted by molar-refractivity contribution is 5.20.